The quantitative estimate of drug-likeness (QED) is 0.584. The molecule has 1 unspecified atom stereocenters. The Labute approximate surface area is 89.1 Å². The molecule has 1 rings (SSSR count). The van der Waals surface area contributed by atoms with Gasteiger partial charge in [0.15, 0.2) is 0 Å². The third kappa shape index (κ3) is 4.02. The fraction of sp³-hybridized carbons (Fsp3) is 1.00. The maximum absolute atomic E-state index is 5.26. The van der Waals surface area contributed by atoms with Gasteiger partial charge in [0.25, 0.3) is 0 Å². The number of hydrogen-bond donors (Lipinski definition) is 2. The van der Waals surface area contributed by atoms with E-state index in [4.69, 9.17) is 4.74 Å². The topological polar surface area (TPSA) is 12.5 Å². The molecule has 0 N–H and O–H groups in total. The van der Waals surface area contributed by atoms with Gasteiger partial charge in [0.2, 0.25) is 0 Å². The smallest absolute Gasteiger partial charge is 0.0594 e. The van der Waals surface area contributed by atoms with Gasteiger partial charge in [-0.2, -0.15) is 0 Å². The van der Waals surface area contributed by atoms with Gasteiger partial charge in [-0.05, 0) is 16.1 Å². The molecule has 74 valence electrons. The number of hydrogen-bond acceptors (Lipinski definition) is 5. The Kier molecular flexibility index (Phi) is 5.00. The van der Waals surface area contributed by atoms with Crippen LogP contribution >= 0.6 is 41.2 Å². The van der Waals surface area contributed by atoms with Gasteiger partial charge in [-0.25, -0.2) is 0 Å². The van der Waals surface area contributed by atoms with Gasteiger partial charge in [-0.3, -0.25) is 4.90 Å². The summed E-state index contributed by atoms with van der Waals surface area (Å²) in [6.07, 6.45) is 2.17. The molecule has 0 spiro atoms. The van der Waals surface area contributed by atoms with Crippen LogP contribution in [0, 0.1) is 0 Å². The number of ether oxygens (including phenoxy) is 1. The van der Waals surface area contributed by atoms with E-state index < -0.39 is 8.09 Å². The van der Waals surface area contributed by atoms with Crippen molar-refractivity contribution in [2.24, 2.45) is 0 Å². The Balaban J connectivity index is 2.28. The fourth-order valence-corrected chi connectivity index (χ4v) is 3.58. The van der Waals surface area contributed by atoms with E-state index in [9.17, 15) is 0 Å². The maximum Gasteiger partial charge on any atom is 0.0594 e. The zero-order chi connectivity index (χ0) is 9.03. The number of nitrogens with zero attached hydrogens (tertiary/aromatic N) is 1. The van der Waals surface area contributed by atoms with E-state index in [-0.39, 0.29) is 0 Å². The van der Waals surface area contributed by atoms with Crippen LogP contribution in [0.5, 0.6) is 0 Å². The highest BCUT2D eigenvalue weighted by molar-refractivity contribution is 9.33. The lowest BCUT2D eigenvalue weighted by Crippen LogP contribution is -2.37. The van der Waals surface area contributed by atoms with Crippen molar-refractivity contribution < 1.29 is 4.74 Å². The van der Waals surface area contributed by atoms with Crippen molar-refractivity contribution in [3.63, 3.8) is 0 Å². The van der Waals surface area contributed by atoms with Crippen LogP contribution < -0.4 is 0 Å². The van der Waals surface area contributed by atoms with Crippen molar-refractivity contribution in [1.82, 2.24) is 4.90 Å². The van der Waals surface area contributed by atoms with Crippen LogP contribution in [0.25, 0.3) is 0 Å². The molecule has 0 bridgehead atoms. The monoisotopic (exact) mass is 245 g/mol. The summed E-state index contributed by atoms with van der Waals surface area (Å²) in [5.74, 6) is 1.05. The summed E-state index contributed by atoms with van der Waals surface area (Å²) >= 11 is 8.80. The van der Waals surface area contributed by atoms with Crippen LogP contribution in [0.15, 0.2) is 0 Å². The van der Waals surface area contributed by atoms with E-state index in [2.05, 4.69) is 34.5 Å². The van der Waals surface area contributed by atoms with Gasteiger partial charge in [0.1, 0.15) is 0 Å². The van der Waals surface area contributed by atoms with E-state index in [0.29, 0.717) is 0 Å². The van der Waals surface area contributed by atoms with Crippen LogP contribution in [0.2, 0.25) is 0 Å². The van der Waals surface area contributed by atoms with Crippen LogP contribution in [0.4, 0.5) is 0 Å². The Bertz CT molecular complexity index is 138. The molecule has 1 saturated heterocycles. The Morgan fingerprint density at radius 1 is 1.50 bits per heavy atom. The predicted octanol–water partition coefficient (Wildman–Crippen LogP) is 2.05. The molecule has 1 aliphatic heterocycles. The summed E-state index contributed by atoms with van der Waals surface area (Å²) in [5, 5.41) is 0. The number of thiol groups is 2. The Morgan fingerprint density at radius 3 is 2.58 bits per heavy atom. The highest BCUT2D eigenvalue weighted by Gasteiger charge is 2.19. The normalized spacial score (nSPS) is 27.9. The molecule has 0 radical (unpaired) electrons. The molecule has 12 heavy (non-hydrogen) atoms. The van der Waals surface area contributed by atoms with Gasteiger partial charge in [0.05, 0.1) is 13.2 Å². The molecular weight excluding hydrogens is 230 g/mol. The summed E-state index contributed by atoms with van der Waals surface area (Å²) in [7, 11) is 0.707. The first-order valence-electron chi connectivity index (χ1n) is 3.75. The molecule has 2 nitrogen and oxygen atoms in total. The van der Waals surface area contributed by atoms with Gasteiger partial charge < -0.3 is 4.74 Å². The average molecular weight is 245 g/mol. The minimum Gasteiger partial charge on any atom is -0.379 e. The van der Waals surface area contributed by atoms with Gasteiger partial charge in [-0.1, -0.05) is 0 Å². The van der Waals surface area contributed by atoms with Crippen molar-refractivity contribution in [2.45, 2.75) is 0 Å². The van der Waals surface area contributed by atoms with Gasteiger partial charge in [0, 0.05) is 19.0 Å². The molecule has 1 fully saturated rings. The Hall–Kier alpha value is 1.32. The highest BCUT2D eigenvalue weighted by atomic mass is 33.7. The SMILES string of the molecule is CS(S)(CN1CCOCC1)SS. The van der Waals surface area contributed by atoms with E-state index in [1.165, 1.54) is 0 Å². The summed E-state index contributed by atoms with van der Waals surface area (Å²) in [6, 6.07) is 0. The predicted molar refractivity (Wildman–Crippen MR) is 66.3 cm³/mol. The molecule has 6 heteroatoms. The fourth-order valence-electron chi connectivity index (χ4n) is 1.09. The van der Waals surface area contributed by atoms with E-state index >= 15 is 0 Å². The summed E-state index contributed by atoms with van der Waals surface area (Å²) < 4.78 is 5.26. The molecule has 0 aliphatic carbocycles. The van der Waals surface area contributed by atoms with Crippen LogP contribution in [0.3, 0.4) is 0 Å². The second kappa shape index (κ2) is 5.26. The number of morpholine rings is 1. The second-order valence-electron chi connectivity index (χ2n) is 2.89. The van der Waals surface area contributed by atoms with Crippen LogP contribution in [-0.2, 0) is 4.74 Å². The minimum atomic E-state index is -0.873. The van der Waals surface area contributed by atoms with E-state index in [1.807, 2.05) is 0 Å². The number of rotatable bonds is 3. The van der Waals surface area contributed by atoms with Crippen molar-refractivity contribution in [3.05, 3.63) is 0 Å². The molecule has 1 aliphatic rings. The standard InChI is InChI=1S/C6H15NOS4/c1-12(10,11-9)6-7-2-4-8-5-3-7/h9-10H,2-6H2,1H3. The van der Waals surface area contributed by atoms with Crippen molar-refractivity contribution in [2.75, 3.05) is 38.4 Å². The lowest BCUT2D eigenvalue weighted by molar-refractivity contribution is 0.0473. The molecule has 0 amide bonds. The second-order valence-corrected chi connectivity index (χ2v) is 12.4. The lowest BCUT2D eigenvalue weighted by Gasteiger charge is -2.35. The highest BCUT2D eigenvalue weighted by Crippen LogP contribution is 2.62. The lowest BCUT2D eigenvalue weighted by atomic mass is 10.5. The summed E-state index contributed by atoms with van der Waals surface area (Å²) in [4.78, 5) is 2.40. The molecular formula is C6H15NOS4. The zero-order valence-electron chi connectivity index (χ0n) is 7.10. The molecule has 0 aromatic carbocycles. The van der Waals surface area contributed by atoms with E-state index in [1.54, 1.807) is 9.83 Å². The first kappa shape index (κ1) is 11.4. The van der Waals surface area contributed by atoms with E-state index in [0.717, 1.165) is 32.2 Å². The third-order valence-electron chi connectivity index (χ3n) is 1.69. The molecule has 0 aromatic heterocycles. The van der Waals surface area contributed by atoms with Gasteiger partial charge in [-0.15, -0.1) is 31.4 Å². The summed E-state index contributed by atoms with van der Waals surface area (Å²) in [5.41, 5.74) is 0. The first-order chi connectivity index (χ1) is 5.64. The van der Waals surface area contributed by atoms with Crippen LogP contribution in [0.1, 0.15) is 0 Å². The largest absolute Gasteiger partial charge is 0.379 e. The molecule has 1 heterocycles. The molecule has 1 atom stereocenters. The molecule has 0 saturated carbocycles. The van der Waals surface area contributed by atoms with Gasteiger partial charge >= 0.3 is 0 Å². The maximum atomic E-state index is 5.26. The van der Waals surface area contributed by atoms with Crippen molar-refractivity contribution in [3.8, 4) is 0 Å². The van der Waals surface area contributed by atoms with Crippen LogP contribution in [-0.4, -0.2) is 43.3 Å². The summed E-state index contributed by atoms with van der Waals surface area (Å²) in [6.45, 7) is 3.80. The minimum absolute atomic E-state index is 0.862. The third-order valence-corrected chi connectivity index (χ3v) is 9.17. The Morgan fingerprint density at radius 2 is 2.08 bits per heavy atom. The average Bonchev–Trinajstić information content (AvgIpc) is 2.06. The first-order valence-corrected chi connectivity index (χ1v) is 9.40. The zero-order valence-corrected chi connectivity index (χ0v) is 10.5. The van der Waals surface area contributed by atoms with Crippen molar-refractivity contribution in [1.29, 1.82) is 0 Å². The van der Waals surface area contributed by atoms with Crippen molar-refractivity contribution >= 4 is 41.2 Å². The molecule has 0 aromatic rings.